The largest absolute Gasteiger partial charge is 0.307 e. The van der Waals surface area contributed by atoms with Crippen LogP contribution in [0.5, 0.6) is 0 Å². The fraction of sp³-hybridized carbons (Fsp3) is 0. The van der Waals surface area contributed by atoms with Crippen molar-refractivity contribution in [1.29, 1.82) is 0 Å². The van der Waals surface area contributed by atoms with E-state index >= 15 is 0 Å². The molecule has 0 aliphatic carbocycles. The fourth-order valence-corrected chi connectivity index (χ4v) is 11.5. The maximum Gasteiger partial charge on any atom is 0.0788 e. The van der Waals surface area contributed by atoms with E-state index in [0.29, 0.717) is 0 Å². The molecule has 0 aliphatic heterocycles. The van der Waals surface area contributed by atoms with Crippen LogP contribution < -0.4 is 0 Å². The lowest BCUT2D eigenvalue weighted by atomic mass is 10.1. The molecule has 0 amide bonds. The Morgan fingerprint density at radius 2 is 0.471 bits per heavy atom. The van der Waals surface area contributed by atoms with Gasteiger partial charge in [0.2, 0.25) is 0 Å². The lowest BCUT2D eigenvalue weighted by Crippen LogP contribution is -1.99. The van der Waals surface area contributed by atoms with E-state index in [1.165, 1.54) is 87.2 Å². The molecule has 15 rings (SSSR count). The third kappa shape index (κ3) is 5.57. The first-order valence-corrected chi connectivity index (χ1v) is 24.0. The average Bonchev–Trinajstić information content (AvgIpc) is 4.17. The third-order valence-corrected chi connectivity index (χ3v) is 14.6. The van der Waals surface area contributed by atoms with Gasteiger partial charge in [0.25, 0.3) is 0 Å². The molecule has 5 heteroatoms. The quantitative estimate of drug-likeness (QED) is 0.164. The molecule has 5 heterocycles. The first-order valence-electron chi connectivity index (χ1n) is 24.0. The van der Waals surface area contributed by atoms with E-state index in [-0.39, 0.29) is 0 Å². The molecule has 0 saturated carbocycles. The molecular weight excluding hydrogens is 851 g/mol. The lowest BCUT2D eigenvalue weighted by Gasteiger charge is -2.13. The molecule has 0 aliphatic rings. The third-order valence-electron chi connectivity index (χ3n) is 14.6. The minimum atomic E-state index is 0.931. The molecule has 0 spiro atoms. The zero-order valence-corrected chi connectivity index (χ0v) is 37.9. The van der Waals surface area contributed by atoms with Crippen molar-refractivity contribution in [1.82, 2.24) is 23.3 Å². The maximum atomic E-state index is 5.30. The van der Waals surface area contributed by atoms with Crippen LogP contribution in [0.15, 0.2) is 249 Å². The topological polar surface area (TPSA) is 32.6 Å². The Balaban J connectivity index is 0.840. The predicted molar refractivity (Wildman–Crippen MR) is 292 cm³/mol. The van der Waals surface area contributed by atoms with Gasteiger partial charge in [-0.25, -0.2) is 4.98 Å². The van der Waals surface area contributed by atoms with E-state index < -0.39 is 0 Å². The molecule has 0 saturated heterocycles. The standard InChI is InChI=1S/C65H41N5/c1-3-16-44(17-4-1)67-58-26-11-7-20-48(58)52-38-40-54-50-22-9-13-28-60(50)69(64(54)62(52)67)46-34-30-42(31-35-46)56-24-15-25-57(66-56)43-32-36-47(37-33-43)70-61-29-14-10-23-51(61)55-41-39-53-49-21-8-12-27-59(49)68(63(53)65(55)70)45-18-5-2-6-19-45/h1-41H. The van der Waals surface area contributed by atoms with E-state index in [2.05, 4.69) is 267 Å². The summed E-state index contributed by atoms with van der Waals surface area (Å²) in [7, 11) is 0. The van der Waals surface area contributed by atoms with E-state index in [9.17, 15) is 0 Å². The summed E-state index contributed by atoms with van der Waals surface area (Å²) in [5.74, 6) is 0. The molecule has 0 fully saturated rings. The number of hydrogen-bond acceptors (Lipinski definition) is 1. The van der Waals surface area contributed by atoms with Gasteiger partial charge >= 0.3 is 0 Å². The van der Waals surface area contributed by atoms with E-state index in [0.717, 1.165) is 45.3 Å². The monoisotopic (exact) mass is 891 g/mol. The Kier molecular flexibility index (Phi) is 8.29. The van der Waals surface area contributed by atoms with Crippen molar-refractivity contribution in [3.05, 3.63) is 249 Å². The summed E-state index contributed by atoms with van der Waals surface area (Å²) in [5, 5.41) is 9.89. The van der Waals surface area contributed by atoms with E-state index in [1.807, 2.05) is 0 Å². The van der Waals surface area contributed by atoms with Crippen LogP contribution in [-0.2, 0) is 0 Å². The summed E-state index contributed by atoms with van der Waals surface area (Å²) >= 11 is 0. The lowest BCUT2D eigenvalue weighted by molar-refractivity contribution is 1.15. The Bertz CT molecular complexity index is 4260. The highest BCUT2D eigenvalue weighted by Gasteiger charge is 2.23. The van der Waals surface area contributed by atoms with E-state index in [1.54, 1.807) is 0 Å². The highest BCUT2D eigenvalue weighted by Crippen LogP contribution is 2.44. The van der Waals surface area contributed by atoms with Crippen molar-refractivity contribution in [2.24, 2.45) is 0 Å². The molecular formula is C65H41N5. The van der Waals surface area contributed by atoms with Gasteiger partial charge in [-0.1, -0.05) is 164 Å². The first-order chi connectivity index (χ1) is 34.8. The summed E-state index contributed by atoms with van der Waals surface area (Å²) in [4.78, 5) is 5.30. The molecule has 0 radical (unpaired) electrons. The Morgan fingerprint density at radius 3 is 0.786 bits per heavy atom. The second-order valence-electron chi connectivity index (χ2n) is 18.3. The number of pyridine rings is 1. The molecule has 326 valence electrons. The molecule has 15 aromatic rings. The van der Waals surface area contributed by atoms with Crippen LogP contribution in [-0.4, -0.2) is 23.3 Å². The molecule has 0 bridgehead atoms. The highest BCUT2D eigenvalue weighted by atomic mass is 15.1. The number of rotatable bonds is 6. The first kappa shape index (κ1) is 38.6. The maximum absolute atomic E-state index is 5.30. The van der Waals surface area contributed by atoms with Crippen molar-refractivity contribution in [2.75, 3.05) is 0 Å². The Morgan fingerprint density at radius 1 is 0.200 bits per heavy atom. The Labute approximate surface area is 402 Å². The molecule has 5 aromatic heterocycles. The van der Waals surface area contributed by atoms with Crippen molar-refractivity contribution < 1.29 is 0 Å². The SMILES string of the molecule is c1ccc(-n2c3ccccc3c3ccc4c5ccccc5n(-c5ccc(-c6cccc(-c7ccc(-n8c9ccccc9c9ccc%10c%11ccccc%11n(-c%11ccccc%11)c%10c98)cc7)n6)cc5)c4c32)cc1. The van der Waals surface area contributed by atoms with Crippen LogP contribution >= 0.6 is 0 Å². The Hall–Kier alpha value is -9.45. The molecule has 5 nitrogen and oxygen atoms in total. The van der Waals surface area contributed by atoms with Crippen LogP contribution in [0.1, 0.15) is 0 Å². The van der Waals surface area contributed by atoms with Crippen molar-refractivity contribution in [2.45, 2.75) is 0 Å². The number of nitrogens with zero attached hydrogens (tertiary/aromatic N) is 5. The van der Waals surface area contributed by atoms with Gasteiger partial charge in [-0.3, -0.25) is 0 Å². The number of aromatic nitrogens is 5. The zero-order chi connectivity index (χ0) is 45.9. The normalized spacial score (nSPS) is 12.0. The van der Waals surface area contributed by atoms with Gasteiger partial charge in [0.1, 0.15) is 0 Å². The molecule has 70 heavy (non-hydrogen) atoms. The molecule has 10 aromatic carbocycles. The van der Waals surface area contributed by atoms with Crippen LogP contribution in [0.2, 0.25) is 0 Å². The summed E-state index contributed by atoms with van der Waals surface area (Å²) in [5.41, 5.74) is 18.0. The second-order valence-corrected chi connectivity index (χ2v) is 18.3. The minimum Gasteiger partial charge on any atom is -0.307 e. The number of fused-ring (bicyclic) bond motifs is 14. The van der Waals surface area contributed by atoms with Crippen molar-refractivity contribution in [3.8, 4) is 45.3 Å². The molecule has 0 atom stereocenters. The van der Waals surface area contributed by atoms with Crippen LogP contribution in [0.3, 0.4) is 0 Å². The van der Waals surface area contributed by atoms with Crippen LogP contribution in [0.4, 0.5) is 0 Å². The summed E-state index contributed by atoms with van der Waals surface area (Å²) in [6, 6.07) is 90.0. The van der Waals surface area contributed by atoms with Gasteiger partial charge in [-0.05, 0) is 84.9 Å². The van der Waals surface area contributed by atoms with Crippen LogP contribution in [0.25, 0.3) is 132 Å². The van der Waals surface area contributed by atoms with Gasteiger partial charge in [-0.15, -0.1) is 0 Å². The number of hydrogen-bond donors (Lipinski definition) is 0. The smallest absolute Gasteiger partial charge is 0.0788 e. The fourth-order valence-electron chi connectivity index (χ4n) is 11.5. The summed E-state index contributed by atoms with van der Waals surface area (Å²) in [6.45, 7) is 0. The second kappa shape index (κ2) is 15.0. The number of benzene rings is 10. The minimum absolute atomic E-state index is 0.931. The zero-order valence-electron chi connectivity index (χ0n) is 37.9. The van der Waals surface area contributed by atoms with Crippen LogP contribution in [0, 0.1) is 0 Å². The predicted octanol–water partition coefficient (Wildman–Crippen LogP) is 16.8. The summed E-state index contributed by atoms with van der Waals surface area (Å²) in [6.07, 6.45) is 0. The van der Waals surface area contributed by atoms with Gasteiger partial charge in [0.05, 0.1) is 55.5 Å². The molecule has 0 unspecified atom stereocenters. The molecule has 0 N–H and O–H groups in total. The van der Waals surface area contributed by atoms with Gasteiger partial charge < -0.3 is 18.3 Å². The van der Waals surface area contributed by atoms with Crippen molar-refractivity contribution >= 4 is 87.2 Å². The van der Waals surface area contributed by atoms with E-state index in [4.69, 9.17) is 4.98 Å². The van der Waals surface area contributed by atoms with Gasteiger partial charge in [0.15, 0.2) is 0 Å². The summed E-state index contributed by atoms with van der Waals surface area (Å²) < 4.78 is 9.77. The highest BCUT2D eigenvalue weighted by molar-refractivity contribution is 6.25. The van der Waals surface area contributed by atoms with Gasteiger partial charge in [0, 0.05) is 77.0 Å². The van der Waals surface area contributed by atoms with Crippen molar-refractivity contribution in [3.63, 3.8) is 0 Å². The van der Waals surface area contributed by atoms with Gasteiger partial charge in [-0.2, -0.15) is 0 Å². The average molecular weight is 892 g/mol. The number of para-hydroxylation sites is 6.